The highest BCUT2D eigenvalue weighted by molar-refractivity contribution is 6.03. The molecule has 0 spiro atoms. The van der Waals surface area contributed by atoms with E-state index in [9.17, 15) is 24.3 Å². The molecular formula is C51H56N2O8. The van der Waals surface area contributed by atoms with Crippen LogP contribution in [0.5, 0.6) is 11.5 Å². The Balaban J connectivity index is 0.000000231. The molecule has 0 aliphatic carbocycles. The number of H-pyrrole nitrogens is 2. The number of rotatable bonds is 21. The number of aromatic hydroxyl groups is 1. The summed E-state index contributed by atoms with van der Waals surface area (Å²) in [7, 11) is 4.44. The molecule has 0 aliphatic rings. The minimum Gasteiger partial charge on any atom is -0.508 e. The Labute approximate surface area is 358 Å². The number of unbranched alkanes of at least 4 members (excludes halogenated alkanes) is 6. The number of hydrogen-bond donors (Lipinski definition) is 3. The smallest absolute Gasteiger partial charge is 0.305 e. The van der Waals surface area contributed by atoms with E-state index in [4.69, 9.17) is 4.74 Å². The normalized spacial score (nSPS) is 10.7. The van der Waals surface area contributed by atoms with Crippen LogP contribution < -0.4 is 4.74 Å². The first kappa shape index (κ1) is 45.4. The highest BCUT2D eigenvalue weighted by Crippen LogP contribution is 2.33. The van der Waals surface area contributed by atoms with Crippen LogP contribution in [-0.4, -0.2) is 59.9 Å². The summed E-state index contributed by atoms with van der Waals surface area (Å²) in [5, 5.41) is 9.60. The number of Topliss-reactive ketones (excluding diaryl/α,β-unsaturated/α-hetero) is 2. The van der Waals surface area contributed by atoms with Gasteiger partial charge in [0, 0.05) is 48.2 Å². The Hall–Kier alpha value is -6.68. The number of nitrogens with one attached hydrogen (secondary N) is 2. The lowest BCUT2D eigenvalue weighted by Crippen LogP contribution is -2.02. The van der Waals surface area contributed by atoms with Crippen LogP contribution in [0.2, 0.25) is 0 Å². The van der Waals surface area contributed by atoms with Crippen LogP contribution in [-0.2, 0) is 19.1 Å². The zero-order valence-corrected chi connectivity index (χ0v) is 35.3. The molecular weight excluding hydrogens is 769 g/mol. The monoisotopic (exact) mass is 824 g/mol. The standard InChI is InChI=1S/C26H29NO4.C25H27NO4/c1-30-21-16-14-19(15-17-21)22-18-23(20-10-6-5-7-11-20)27-26(22)24(28)12-8-3-4-9-13-25(29)31-2;1-30-24(29)12-8-3-2-7-11-23(28)25-21(18-13-15-20(27)16-14-18)17-22(26-25)19-9-5-4-6-10-19/h5-7,10-11,14-18,27H,3-4,8-9,12-13H2,1-2H3;4-6,9-10,13-17,26-27H,2-3,7-8,11-12H2,1H3. The van der Waals surface area contributed by atoms with Gasteiger partial charge in [-0.05, 0) is 84.3 Å². The van der Waals surface area contributed by atoms with Crippen molar-refractivity contribution in [1.82, 2.24) is 9.97 Å². The molecule has 0 aliphatic heterocycles. The van der Waals surface area contributed by atoms with Gasteiger partial charge >= 0.3 is 11.9 Å². The van der Waals surface area contributed by atoms with Crippen molar-refractivity contribution in [3.05, 3.63) is 133 Å². The van der Waals surface area contributed by atoms with Crippen molar-refractivity contribution >= 4 is 23.5 Å². The lowest BCUT2D eigenvalue weighted by Gasteiger charge is -2.06. The summed E-state index contributed by atoms with van der Waals surface area (Å²) in [4.78, 5) is 55.1. The zero-order chi connectivity index (χ0) is 43.4. The van der Waals surface area contributed by atoms with Crippen molar-refractivity contribution in [3.63, 3.8) is 0 Å². The van der Waals surface area contributed by atoms with Crippen molar-refractivity contribution in [3.8, 4) is 56.3 Å². The van der Waals surface area contributed by atoms with Gasteiger partial charge in [-0.1, -0.05) is 111 Å². The maximum atomic E-state index is 13.1. The van der Waals surface area contributed by atoms with E-state index in [2.05, 4.69) is 19.4 Å². The number of phenols is 1. The topological polar surface area (TPSA) is 148 Å². The van der Waals surface area contributed by atoms with Crippen LogP contribution in [0, 0.1) is 0 Å². The number of carbonyl (C=O) groups is 4. The molecule has 4 aromatic carbocycles. The number of carbonyl (C=O) groups excluding carboxylic acids is 4. The van der Waals surface area contributed by atoms with Crippen molar-refractivity contribution < 1.29 is 38.5 Å². The third-order valence-corrected chi connectivity index (χ3v) is 10.5. The molecule has 61 heavy (non-hydrogen) atoms. The molecule has 2 aromatic heterocycles. The molecule has 10 heteroatoms. The van der Waals surface area contributed by atoms with Crippen molar-refractivity contribution in [1.29, 1.82) is 0 Å². The summed E-state index contributed by atoms with van der Waals surface area (Å²) in [6, 6.07) is 38.6. The number of aromatic nitrogens is 2. The Morgan fingerprint density at radius 3 is 1.21 bits per heavy atom. The van der Waals surface area contributed by atoms with E-state index in [0.29, 0.717) is 37.1 Å². The second kappa shape index (κ2) is 23.8. The summed E-state index contributed by atoms with van der Waals surface area (Å²) < 4.78 is 14.6. The largest absolute Gasteiger partial charge is 0.508 e. The summed E-state index contributed by atoms with van der Waals surface area (Å²) in [6.07, 6.45) is 8.51. The average Bonchev–Trinajstić information content (AvgIpc) is 3.96. The van der Waals surface area contributed by atoms with E-state index >= 15 is 0 Å². The maximum Gasteiger partial charge on any atom is 0.305 e. The minimum atomic E-state index is -0.190. The van der Waals surface area contributed by atoms with Gasteiger partial charge in [-0.15, -0.1) is 0 Å². The molecule has 0 saturated carbocycles. The highest BCUT2D eigenvalue weighted by atomic mass is 16.5. The lowest BCUT2D eigenvalue weighted by atomic mass is 10.0. The zero-order valence-electron chi connectivity index (χ0n) is 35.3. The predicted octanol–water partition coefficient (Wildman–Crippen LogP) is 11.8. The van der Waals surface area contributed by atoms with Gasteiger partial charge in [0.1, 0.15) is 11.5 Å². The fourth-order valence-corrected chi connectivity index (χ4v) is 7.03. The Morgan fingerprint density at radius 1 is 0.459 bits per heavy atom. The van der Waals surface area contributed by atoms with Crippen molar-refractivity contribution in [2.24, 2.45) is 0 Å². The van der Waals surface area contributed by atoms with E-state index in [-0.39, 0.29) is 29.3 Å². The Morgan fingerprint density at radius 2 is 0.836 bits per heavy atom. The van der Waals surface area contributed by atoms with Crippen molar-refractivity contribution in [2.75, 3.05) is 21.3 Å². The molecule has 318 valence electrons. The molecule has 6 rings (SSSR count). The van der Waals surface area contributed by atoms with Gasteiger partial charge in [-0.3, -0.25) is 19.2 Å². The van der Waals surface area contributed by atoms with E-state index in [1.54, 1.807) is 19.2 Å². The number of methoxy groups -OCH3 is 3. The summed E-state index contributed by atoms with van der Waals surface area (Å²) in [5.74, 6) is 0.762. The first-order valence-electron chi connectivity index (χ1n) is 20.9. The van der Waals surface area contributed by atoms with Gasteiger partial charge < -0.3 is 29.3 Å². The number of ether oxygens (including phenoxy) is 3. The van der Waals surface area contributed by atoms with Crippen LogP contribution in [0.4, 0.5) is 0 Å². The summed E-state index contributed by atoms with van der Waals surface area (Å²) in [5.41, 5.74) is 8.69. The SMILES string of the molecule is COC(=O)CCCCCCC(=O)c1[nH]c(-c2ccccc2)cc1-c1ccc(O)cc1.COC(=O)CCCCCCC(=O)c1[nH]c(-c2ccccc2)cc1-c1ccc(OC)cc1. The molecule has 0 saturated heterocycles. The van der Waals surface area contributed by atoms with Crippen LogP contribution in [0.25, 0.3) is 44.8 Å². The number of benzene rings is 4. The number of esters is 2. The lowest BCUT2D eigenvalue weighted by molar-refractivity contribution is -0.141. The first-order chi connectivity index (χ1) is 29.7. The fourth-order valence-electron chi connectivity index (χ4n) is 7.03. The molecule has 0 atom stereocenters. The molecule has 0 unspecified atom stereocenters. The average molecular weight is 825 g/mol. The second-order valence-corrected chi connectivity index (χ2v) is 14.8. The van der Waals surface area contributed by atoms with E-state index in [0.717, 1.165) is 102 Å². The Bertz CT molecular complexity index is 2290. The highest BCUT2D eigenvalue weighted by Gasteiger charge is 2.19. The van der Waals surface area contributed by atoms with Gasteiger partial charge in [0.2, 0.25) is 0 Å². The number of aromatic amines is 2. The number of ketones is 2. The van der Waals surface area contributed by atoms with Crippen LogP contribution in [0.1, 0.15) is 98.0 Å². The van der Waals surface area contributed by atoms with Crippen molar-refractivity contribution in [2.45, 2.75) is 77.0 Å². The van der Waals surface area contributed by atoms with Gasteiger partial charge in [0.25, 0.3) is 0 Å². The third kappa shape index (κ3) is 13.7. The molecule has 0 radical (unpaired) electrons. The molecule has 6 aromatic rings. The molecule has 2 heterocycles. The molecule has 3 N–H and O–H groups in total. The van der Waals surface area contributed by atoms with Crippen LogP contribution >= 0.6 is 0 Å². The predicted molar refractivity (Wildman–Crippen MR) is 240 cm³/mol. The molecule has 0 fully saturated rings. The van der Waals surface area contributed by atoms with Crippen LogP contribution in [0.15, 0.2) is 121 Å². The first-order valence-corrected chi connectivity index (χ1v) is 20.9. The minimum absolute atomic E-state index is 0.0632. The number of hydrogen-bond acceptors (Lipinski definition) is 8. The van der Waals surface area contributed by atoms with Crippen LogP contribution in [0.3, 0.4) is 0 Å². The molecule has 10 nitrogen and oxygen atoms in total. The summed E-state index contributed by atoms with van der Waals surface area (Å²) in [6.45, 7) is 0. The van der Waals surface area contributed by atoms with Gasteiger partial charge in [-0.25, -0.2) is 0 Å². The van der Waals surface area contributed by atoms with Gasteiger partial charge in [0.15, 0.2) is 11.6 Å². The third-order valence-electron chi connectivity index (χ3n) is 10.5. The van der Waals surface area contributed by atoms with E-state index in [1.165, 1.54) is 14.2 Å². The maximum absolute atomic E-state index is 13.1. The van der Waals surface area contributed by atoms with Gasteiger partial charge in [0.05, 0.1) is 32.7 Å². The second-order valence-electron chi connectivity index (χ2n) is 14.8. The fraction of sp³-hybridized carbons (Fsp3) is 0.294. The number of phenolic OH excluding ortho intramolecular Hbond substituents is 1. The molecule has 0 amide bonds. The van der Waals surface area contributed by atoms with E-state index in [1.807, 2.05) is 109 Å². The van der Waals surface area contributed by atoms with E-state index < -0.39 is 0 Å². The summed E-state index contributed by atoms with van der Waals surface area (Å²) >= 11 is 0. The molecule has 0 bridgehead atoms. The van der Waals surface area contributed by atoms with Gasteiger partial charge in [-0.2, -0.15) is 0 Å². The quantitative estimate of drug-likeness (QED) is 0.0369. The Kier molecular flexibility index (Phi) is 17.7.